The van der Waals surface area contributed by atoms with E-state index in [4.69, 9.17) is 0 Å². The van der Waals surface area contributed by atoms with Gasteiger partial charge in [-0.3, -0.25) is 9.59 Å². The summed E-state index contributed by atoms with van der Waals surface area (Å²) in [7, 11) is 1.70. The number of hydrogen-bond acceptors (Lipinski definition) is 5. The van der Waals surface area contributed by atoms with Gasteiger partial charge in [0, 0.05) is 31.6 Å². The van der Waals surface area contributed by atoms with E-state index < -0.39 is 0 Å². The predicted octanol–water partition coefficient (Wildman–Crippen LogP) is 2.51. The van der Waals surface area contributed by atoms with Crippen LogP contribution in [0.1, 0.15) is 24.8 Å². The number of nitriles is 1. The third-order valence-electron chi connectivity index (χ3n) is 5.53. The molecule has 28 heavy (non-hydrogen) atoms. The number of aryl methyl sites for hydroxylation is 1. The number of nitrogens with one attached hydrogen (secondary N) is 1. The third kappa shape index (κ3) is 3.29. The van der Waals surface area contributed by atoms with Gasteiger partial charge >= 0.3 is 0 Å². The number of pyridine rings is 1. The average molecular weight is 395 g/mol. The minimum atomic E-state index is -0.266. The Labute approximate surface area is 167 Å². The monoisotopic (exact) mass is 394 g/mol. The fraction of sp³-hybridized carbons (Fsp3) is 0.381. The summed E-state index contributed by atoms with van der Waals surface area (Å²) in [6.45, 7) is 1.40. The zero-order valence-electron chi connectivity index (χ0n) is 15.7. The number of nitrogens with zero attached hydrogens (tertiary/aromatic N) is 3. The van der Waals surface area contributed by atoms with Crippen molar-refractivity contribution in [2.45, 2.75) is 30.6 Å². The van der Waals surface area contributed by atoms with Gasteiger partial charge in [0.15, 0.2) is 0 Å². The van der Waals surface area contributed by atoms with Crippen molar-refractivity contribution in [2.24, 2.45) is 7.05 Å². The number of aromatic nitrogens is 1. The Balaban J connectivity index is 1.56. The van der Waals surface area contributed by atoms with Crippen molar-refractivity contribution in [2.75, 3.05) is 18.0 Å². The molecule has 7 heteroatoms. The summed E-state index contributed by atoms with van der Waals surface area (Å²) in [4.78, 5) is 27.2. The highest BCUT2D eigenvalue weighted by atomic mass is 32.2. The molecule has 1 N–H and O–H groups in total. The molecule has 2 aliphatic heterocycles. The second kappa shape index (κ2) is 7.72. The van der Waals surface area contributed by atoms with Crippen LogP contribution in [0.5, 0.6) is 0 Å². The predicted molar refractivity (Wildman–Crippen MR) is 112 cm³/mol. The van der Waals surface area contributed by atoms with E-state index in [1.165, 1.54) is 4.57 Å². The van der Waals surface area contributed by atoms with Gasteiger partial charge < -0.3 is 14.8 Å². The summed E-state index contributed by atoms with van der Waals surface area (Å²) in [6, 6.07) is 9.95. The van der Waals surface area contributed by atoms with Gasteiger partial charge in [-0.1, -0.05) is 24.3 Å². The second-order valence-electron chi connectivity index (χ2n) is 7.22. The highest BCUT2D eigenvalue weighted by Crippen LogP contribution is 2.31. The molecule has 0 saturated carbocycles. The molecule has 3 heterocycles. The molecule has 2 aliphatic rings. The molecule has 1 aromatic heterocycles. The largest absolute Gasteiger partial charge is 0.370 e. The SMILES string of the molecule is Cn1c(=O)c(C#N)c(N2CCC(NC(=O)C3CC=CS3)CC2)c2ccccc21. The minimum Gasteiger partial charge on any atom is -0.370 e. The Morgan fingerprint density at radius 2 is 2.04 bits per heavy atom. The molecule has 1 fully saturated rings. The Kier molecular flexibility index (Phi) is 5.14. The number of rotatable bonds is 3. The quantitative estimate of drug-likeness (QED) is 0.866. The Hall–Kier alpha value is -2.72. The van der Waals surface area contributed by atoms with Crippen molar-refractivity contribution < 1.29 is 4.79 Å². The number of piperidine rings is 1. The first-order valence-electron chi connectivity index (χ1n) is 9.47. The number of carbonyl (C=O) groups is 1. The highest BCUT2D eigenvalue weighted by Gasteiger charge is 2.28. The van der Waals surface area contributed by atoms with Crippen LogP contribution in [0.25, 0.3) is 10.9 Å². The molecule has 0 spiro atoms. The van der Waals surface area contributed by atoms with Crippen LogP contribution in [0.4, 0.5) is 5.69 Å². The third-order valence-corrected chi connectivity index (χ3v) is 6.61. The van der Waals surface area contributed by atoms with E-state index >= 15 is 0 Å². The fourth-order valence-electron chi connectivity index (χ4n) is 4.00. The van der Waals surface area contributed by atoms with E-state index in [0.717, 1.165) is 35.9 Å². The highest BCUT2D eigenvalue weighted by molar-refractivity contribution is 8.03. The second-order valence-corrected chi connectivity index (χ2v) is 8.33. The van der Waals surface area contributed by atoms with Gasteiger partial charge in [0.2, 0.25) is 5.91 Å². The van der Waals surface area contributed by atoms with Crippen molar-refractivity contribution in [3.63, 3.8) is 0 Å². The normalized spacial score (nSPS) is 19.7. The first-order chi connectivity index (χ1) is 13.6. The smallest absolute Gasteiger partial charge is 0.270 e. The first kappa shape index (κ1) is 18.6. The number of hydrogen-bond donors (Lipinski definition) is 1. The van der Waals surface area contributed by atoms with E-state index in [0.29, 0.717) is 13.1 Å². The summed E-state index contributed by atoms with van der Waals surface area (Å²) >= 11 is 1.57. The number of thioether (sulfide) groups is 1. The Bertz CT molecular complexity index is 1040. The molecule has 6 nitrogen and oxygen atoms in total. The van der Waals surface area contributed by atoms with E-state index in [-0.39, 0.29) is 28.3 Å². The van der Waals surface area contributed by atoms with Crippen molar-refractivity contribution in [3.05, 3.63) is 51.7 Å². The molecule has 4 rings (SSSR count). The molecule has 0 bridgehead atoms. The van der Waals surface area contributed by atoms with Crippen LogP contribution in [0.15, 0.2) is 40.5 Å². The number of benzene rings is 1. The number of anilines is 1. The number of amides is 1. The lowest BCUT2D eigenvalue weighted by atomic mass is 10.0. The van der Waals surface area contributed by atoms with Crippen LogP contribution in [-0.4, -0.2) is 34.9 Å². The maximum atomic E-state index is 12.7. The standard InChI is InChI=1S/C21H22N4O2S/c1-24-17-6-3-2-5-15(17)19(16(13-22)21(24)27)25-10-8-14(9-11-25)23-20(26)18-7-4-12-28-18/h2-6,12,14,18H,7-11H2,1H3,(H,23,26). The maximum absolute atomic E-state index is 12.7. The molecular weight excluding hydrogens is 372 g/mol. The van der Waals surface area contributed by atoms with E-state index in [2.05, 4.69) is 16.3 Å². The maximum Gasteiger partial charge on any atom is 0.270 e. The molecule has 144 valence electrons. The van der Waals surface area contributed by atoms with Crippen LogP contribution in [0.2, 0.25) is 0 Å². The van der Waals surface area contributed by atoms with Gasteiger partial charge in [-0.2, -0.15) is 5.26 Å². The fourth-order valence-corrected chi connectivity index (χ4v) is 4.83. The lowest BCUT2D eigenvalue weighted by molar-refractivity contribution is -0.121. The van der Waals surface area contributed by atoms with Gasteiger partial charge in [0.1, 0.15) is 11.6 Å². The zero-order chi connectivity index (χ0) is 19.7. The van der Waals surface area contributed by atoms with E-state index in [9.17, 15) is 14.9 Å². The van der Waals surface area contributed by atoms with E-state index in [1.54, 1.807) is 18.8 Å². The average Bonchev–Trinajstić information content (AvgIpc) is 3.26. The topological polar surface area (TPSA) is 78.1 Å². The van der Waals surface area contributed by atoms with Crippen molar-refractivity contribution in [3.8, 4) is 6.07 Å². The Morgan fingerprint density at radius 1 is 1.29 bits per heavy atom. The minimum absolute atomic E-state index is 0.00990. The van der Waals surface area contributed by atoms with Gasteiger partial charge in [-0.05, 0) is 30.7 Å². The number of carbonyl (C=O) groups excluding carboxylic acids is 1. The zero-order valence-corrected chi connectivity index (χ0v) is 16.5. The van der Waals surface area contributed by atoms with Crippen LogP contribution < -0.4 is 15.8 Å². The van der Waals surface area contributed by atoms with Gasteiger partial charge in [-0.15, -0.1) is 11.8 Å². The van der Waals surface area contributed by atoms with E-state index in [1.807, 2.05) is 35.7 Å². The molecule has 2 aromatic rings. The lowest BCUT2D eigenvalue weighted by Gasteiger charge is -2.35. The summed E-state index contributed by atoms with van der Waals surface area (Å²) in [6.07, 6.45) is 4.41. The first-order valence-corrected chi connectivity index (χ1v) is 10.4. The molecule has 1 atom stereocenters. The lowest BCUT2D eigenvalue weighted by Crippen LogP contribution is -2.47. The molecule has 1 amide bonds. The summed E-state index contributed by atoms with van der Waals surface area (Å²) in [5.74, 6) is 0.102. The molecule has 1 aromatic carbocycles. The molecule has 0 radical (unpaired) electrons. The number of para-hydroxylation sites is 1. The van der Waals surface area contributed by atoms with Crippen LogP contribution >= 0.6 is 11.8 Å². The van der Waals surface area contributed by atoms with Gasteiger partial charge in [0.05, 0.1) is 16.5 Å². The van der Waals surface area contributed by atoms with Crippen molar-refractivity contribution in [1.29, 1.82) is 5.26 Å². The van der Waals surface area contributed by atoms with Gasteiger partial charge in [-0.25, -0.2) is 0 Å². The summed E-state index contributed by atoms with van der Waals surface area (Å²) in [5, 5.41) is 15.7. The van der Waals surface area contributed by atoms with Crippen LogP contribution in [0.3, 0.4) is 0 Å². The molecule has 1 unspecified atom stereocenters. The Morgan fingerprint density at radius 3 is 2.71 bits per heavy atom. The van der Waals surface area contributed by atoms with Crippen molar-refractivity contribution in [1.82, 2.24) is 9.88 Å². The molecule has 1 saturated heterocycles. The molecular formula is C21H22N4O2S. The number of fused-ring (bicyclic) bond motifs is 1. The van der Waals surface area contributed by atoms with Gasteiger partial charge in [0.25, 0.3) is 5.56 Å². The summed E-state index contributed by atoms with van der Waals surface area (Å²) < 4.78 is 1.54. The van der Waals surface area contributed by atoms with Crippen LogP contribution in [0, 0.1) is 11.3 Å². The summed E-state index contributed by atoms with van der Waals surface area (Å²) in [5.41, 5.74) is 1.47. The van der Waals surface area contributed by atoms with Crippen molar-refractivity contribution >= 4 is 34.3 Å². The number of allylic oxidation sites excluding steroid dienone is 1. The molecule has 0 aliphatic carbocycles. The van der Waals surface area contributed by atoms with Crippen LogP contribution in [-0.2, 0) is 11.8 Å².